The van der Waals surface area contributed by atoms with Crippen molar-refractivity contribution < 1.29 is 18.0 Å². The summed E-state index contributed by atoms with van der Waals surface area (Å²) < 4.78 is 39.0. The van der Waals surface area contributed by atoms with E-state index in [0.717, 1.165) is 6.07 Å². The summed E-state index contributed by atoms with van der Waals surface area (Å²) in [6, 6.07) is 5.40. The molecule has 0 bridgehead atoms. The van der Waals surface area contributed by atoms with Crippen molar-refractivity contribution in [3.8, 4) is 0 Å². The van der Waals surface area contributed by atoms with Crippen molar-refractivity contribution in [2.75, 3.05) is 13.1 Å². The molecule has 1 atom stereocenters. The average molecular weight is 326 g/mol. The number of nitrogens with zero attached hydrogens (tertiary/aromatic N) is 1. The fourth-order valence-corrected chi connectivity index (χ4v) is 2.63. The molecular formula is C17H21F3N2O. The van der Waals surface area contributed by atoms with Crippen LogP contribution in [0.15, 0.2) is 35.9 Å². The number of hydrogen-bond donors (Lipinski definition) is 1. The molecule has 1 aliphatic rings. The van der Waals surface area contributed by atoms with E-state index in [1.165, 1.54) is 22.6 Å². The molecule has 2 rings (SSSR count). The van der Waals surface area contributed by atoms with E-state index in [0.29, 0.717) is 19.5 Å². The van der Waals surface area contributed by atoms with Gasteiger partial charge in [0.2, 0.25) is 5.91 Å². The van der Waals surface area contributed by atoms with Gasteiger partial charge in [0.15, 0.2) is 0 Å². The van der Waals surface area contributed by atoms with Gasteiger partial charge in [0, 0.05) is 32.1 Å². The third-order valence-corrected chi connectivity index (χ3v) is 3.82. The molecule has 0 aliphatic carbocycles. The summed E-state index contributed by atoms with van der Waals surface area (Å²) >= 11 is 0. The molecule has 23 heavy (non-hydrogen) atoms. The Morgan fingerprint density at radius 1 is 1.35 bits per heavy atom. The van der Waals surface area contributed by atoms with Crippen LogP contribution in [0, 0.1) is 0 Å². The van der Waals surface area contributed by atoms with Gasteiger partial charge in [-0.25, -0.2) is 0 Å². The minimum absolute atomic E-state index is 0.00462. The minimum Gasteiger partial charge on any atom is -0.337 e. The van der Waals surface area contributed by atoms with E-state index in [1.807, 2.05) is 19.9 Å². The lowest BCUT2D eigenvalue weighted by Crippen LogP contribution is -2.33. The second kappa shape index (κ2) is 7.17. The van der Waals surface area contributed by atoms with E-state index in [-0.39, 0.29) is 24.1 Å². The quantitative estimate of drug-likeness (QED) is 0.842. The van der Waals surface area contributed by atoms with Gasteiger partial charge >= 0.3 is 6.18 Å². The molecule has 126 valence electrons. The monoisotopic (exact) mass is 326 g/mol. The zero-order chi connectivity index (χ0) is 17.0. The van der Waals surface area contributed by atoms with Crippen molar-refractivity contribution in [1.82, 2.24) is 10.2 Å². The predicted molar refractivity (Wildman–Crippen MR) is 82.7 cm³/mol. The van der Waals surface area contributed by atoms with E-state index < -0.39 is 11.7 Å². The first-order valence-corrected chi connectivity index (χ1v) is 7.57. The molecule has 1 heterocycles. The van der Waals surface area contributed by atoms with Gasteiger partial charge < -0.3 is 10.2 Å². The standard InChI is InChI=1S/C17H21F3N2O/c1-12(2)7-8-21-14-9-16(23)22(11-14)10-13-5-3-4-6-15(13)17(18,19)20/h3-7,14,21H,8-11H2,1-2H3/t14-/m1/s1. The summed E-state index contributed by atoms with van der Waals surface area (Å²) in [6.07, 6.45) is -2.06. The van der Waals surface area contributed by atoms with Crippen molar-refractivity contribution in [2.24, 2.45) is 0 Å². The molecule has 1 aliphatic heterocycles. The number of allylic oxidation sites excluding steroid dienone is 1. The van der Waals surface area contributed by atoms with Crippen molar-refractivity contribution in [1.29, 1.82) is 0 Å². The second-order valence-electron chi connectivity index (χ2n) is 6.02. The van der Waals surface area contributed by atoms with Crippen LogP contribution < -0.4 is 5.32 Å². The van der Waals surface area contributed by atoms with E-state index in [9.17, 15) is 18.0 Å². The van der Waals surface area contributed by atoms with Crippen LogP contribution in [0.4, 0.5) is 13.2 Å². The van der Waals surface area contributed by atoms with Crippen molar-refractivity contribution in [2.45, 2.75) is 39.0 Å². The molecule has 1 saturated heterocycles. The maximum Gasteiger partial charge on any atom is 0.416 e. The van der Waals surface area contributed by atoms with E-state index in [2.05, 4.69) is 5.32 Å². The molecule has 1 aromatic carbocycles. The summed E-state index contributed by atoms with van der Waals surface area (Å²) in [4.78, 5) is 13.5. The molecule has 0 saturated carbocycles. The molecule has 1 N–H and O–H groups in total. The topological polar surface area (TPSA) is 32.3 Å². The highest BCUT2D eigenvalue weighted by Gasteiger charge is 2.35. The number of amides is 1. The Balaban J connectivity index is 2.02. The van der Waals surface area contributed by atoms with Crippen LogP contribution in [-0.4, -0.2) is 29.9 Å². The van der Waals surface area contributed by atoms with Gasteiger partial charge in [-0.1, -0.05) is 29.8 Å². The Bertz CT molecular complexity index is 592. The third-order valence-electron chi connectivity index (χ3n) is 3.82. The Morgan fingerprint density at radius 2 is 2.04 bits per heavy atom. The Hall–Kier alpha value is -1.82. The number of carbonyl (C=O) groups is 1. The van der Waals surface area contributed by atoms with Gasteiger partial charge in [0.25, 0.3) is 0 Å². The third kappa shape index (κ3) is 4.82. The number of alkyl halides is 3. The van der Waals surface area contributed by atoms with Crippen LogP contribution in [0.1, 0.15) is 31.4 Å². The molecule has 0 aromatic heterocycles. The first-order valence-electron chi connectivity index (χ1n) is 7.57. The maximum absolute atomic E-state index is 13.0. The number of nitrogens with one attached hydrogen (secondary N) is 1. The molecule has 6 heteroatoms. The number of rotatable bonds is 5. The molecule has 0 unspecified atom stereocenters. The first-order chi connectivity index (χ1) is 10.8. The number of hydrogen-bond acceptors (Lipinski definition) is 2. The van der Waals surface area contributed by atoms with Crippen LogP contribution in [0.25, 0.3) is 0 Å². The molecule has 3 nitrogen and oxygen atoms in total. The molecule has 0 spiro atoms. The predicted octanol–water partition coefficient (Wildman–Crippen LogP) is 3.36. The normalized spacial score (nSPS) is 18.4. The van der Waals surface area contributed by atoms with Gasteiger partial charge in [-0.05, 0) is 25.5 Å². The van der Waals surface area contributed by atoms with E-state index in [1.54, 1.807) is 6.07 Å². The highest BCUT2D eigenvalue weighted by atomic mass is 19.4. The number of halogens is 3. The zero-order valence-corrected chi connectivity index (χ0v) is 13.3. The van der Waals surface area contributed by atoms with E-state index in [4.69, 9.17) is 0 Å². The largest absolute Gasteiger partial charge is 0.416 e. The molecular weight excluding hydrogens is 305 g/mol. The van der Waals surface area contributed by atoms with Crippen LogP contribution in [0.5, 0.6) is 0 Å². The number of benzene rings is 1. The van der Waals surface area contributed by atoms with Crippen LogP contribution in [0.2, 0.25) is 0 Å². The first kappa shape index (κ1) is 17.5. The summed E-state index contributed by atoms with van der Waals surface area (Å²) in [7, 11) is 0. The van der Waals surface area contributed by atoms with E-state index >= 15 is 0 Å². The molecule has 1 amide bonds. The zero-order valence-electron chi connectivity index (χ0n) is 13.3. The number of carbonyl (C=O) groups excluding carboxylic acids is 1. The van der Waals surface area contributed by atoms with Gasteiger partial charge in [-0.3, -0.25) is 4.79 Å². The van der Waals surface area contributed by atoms with Crippen LogP contribution in [0.3, 0.4) is 0 Å². The molecule has 0 radical (unpaired) electrons. The summed E-state index contributed by atoms with van der Waals surface area (Å²) in [5.74, 6) is -0.114. The van der Waals surface area contributed by atoms with Crippen LogP contribution in [-0.2, 0) is 17.5 Å². The van der Waals surface area contributed by atoms with Crippen molar-refractivity contribution >= 4 is 5.91 Å². The van der Waals surface area contributed by atoms with Crippen LogP contribution >= 0.6 is 0 Å². The Kier molecular flexibility index (Phi) is 5.46. The van der Waals surface area contributed by atoms with Crippen molar-refractivity contribution in [3.05, 3.63) is 47.0 Å². The SMILES string of the molecule is CC(C)=CCN[C@@H]1CC(=O)N(Cc2ccccc2C(F)(F)F)C1. The average Bonchev–Trinajstić information content (AvgIpc) is 2.78. The Labute approximate surface area is 134 Å². The lowest BCUT2D eigenvalue weighted by Gasteiger charge is -2.20. The fourth-order valence-electron chi connectivity index (χ4n) is 2.63. The van der Waals surface area contributed by atoms with Gasteiger partial charge in [-0.15, -0.1) is 0 Å². The maximum atomic E-state index is 13.0. The number of likely N-dealkylation sites (tertiary alicyclic amines) is 1. The van der Waals surface area contributed by atoms with Gasteiger partial charge in [0.05, 0.1) is 5.56 Å². The highest BCUT2D eigenvalue weighted by molar-refractivity contribution is 5.79. The van der Waals surface area contributed by atoms with Crippen molar-refractivity contribution in [3.63, 3.8) is 0 Å². The minimum atomic E-state index is -4.40. The molecule has 1 aromatic rings. The highest BCUT2D eigenvalue weighted by Crippen LogP contribution is 2.32. The summed E-state index contributed by atoms with van der Waals surface area (Å²) in [6.45, 7) is 5.06. The molecule has 1 fully saturated rings. The fraction of sp³-hybridized carbons (Fsp3) is 0.471. The van der Waals surface area contributed by atoms with Gasteiger partial charge in [-0.2, -0.15) is 13.2 Å². The lowest BCUT2D eigenvalue weighted by molar-refractivity contribution is -0.139. The Morgan fingerprint density at radius 3 is 2.70 bits per heavy atom. The lowest BCUT2D eigenvalue weighted by atomic mass is 10.1. The second-order valence-corrected chi connectivity index (χ2v) is 6.02. The van der Waals surface area contributed by atoms with Gasteiger partial charge in [0.1, 0.15) is 0 Å². The summed E-state index contributed by atoms with van der Waals surface area (Å²) in [5.41, 5.74) is 0.643. The smallest absolute Gasteiger partial charge is 0.337 e. The summed E-state index contributed by atoms with van der Waals surface area (Å²) in [5, 5.41) is 3.24.